The van der Waals surface area contributed by atoms with Gasteiger partial charge >= 0.3 is 0 Å². The number of hydrogen-bond acceptors (Lipinski definition) is 3. The lowest BCUT2D eigenvalue weighted by Crippen LogP contribution is -2.08. The van der Waals surface area contributed by atoms with Crippen LogP contribution in [0.1, 0.15) is 5.56 Å². The maximum Gasteiger partial charge on any atom is 0.135 e. The van der Waals surface area contributed by atoms with Gasteiger partial charge in [0.1, 0.15) is 22.3 Å². The average Bonchev–Trinajstić information content (AvgIpc) is 3.84. The normalized spacial score (nSPS) is 12.0. The highest BCUT2D eigenvalue weighted by Crippen LogP contribution is 2.36. The summed E-state index contributed by atoms with van der Waals surface area (Å²) in [7, 11) is 0. The van der Waals surface area contributed by atoms with E-state index in [4.69, 9.17) is 8.83 Å². The van der Waals surface area contributed by atoms with Gasteiger partial charge in [0, 0.05) is 39.1 Å². The fourth-order valence-electron chi connectivity index (χ4n) is 7.78. The van der Waals surface area contributed by atoms with E-state index in [2.05, 4.69) is 188 Å². The smallest absolute Gasteiger partial charge is 0.135 e. The monoisotopic (exact) mass is 731 g/mol. The predicted molar refractivity (Wildman–Crippen MR) is 240 cm³/mol. The van der Waals surface area contributed by atoms with E-state index in [0.717, 1.165) is 83.1 Å². The Labute approximate surface area is 331 Å². The van der Waals surface area contributed by atoms with Crippen LogP contribution in [0.15, 0.2) is 228 Å². The highest BCUT2D eigenvalue weighted by molar-refractivity contribution is 6.07. The van der Waals surface area contributed by atoms with Gasteiger partial charge in [-0.05, 0) is 111 Å². The summed E-state index contributed by atoms with van der Waals surface area (Å²) in [6.07, 6.45) is 8.20. The first-order chi connectivity index (χ1) is 28.2. The minimum atomic E-state index is 0.902. The number of anilines is 2. The molecule has 0 unspecified atom stereocenters. The van der Waals surface area contributed by atoms with Crippen molar-refractivity contribution in [3.05, 3.63) is 225 Å². The lowest BCUT2D eigenvalue weighted by molar-refractivity contribution is 0.668. The molecule has 0 bridgehead atoms. The minimum Gasteiger partial charge on any atom is -0.456 e. The first-order valence-corrected chi connectivity index (χ1v) is 19.2. The van der Waals surface area contributed by atoms with Crippen LogP contribution in [-0.2, 0) is 0 Å². The molecule has 10 aromatic rings. The van der Waals surface area contributed by atoms with E-state index in [1.807, 2.05) is 36.4 Å². The van der Waals surface area contributed by atoms with Crippen molar-refractivity contribution in [2.75, 3.05) is 4.90 Å². The van der Waals surface area contributed by atoms with Crippen molar-refractivity contribution >= 4 is 60.8 Å². The van der Waals surface area contributed by atoms with Gasteiger partial charge in [-0.25, -0.2) is 0 Å². The molecule has 0 amide bonds. The number of hydrogen-bond donors (Lipinski definition) is 0. The molecule has 0 aliphatic rings. The summed E-state index contributed by atoms with van der Waals surface area (Å²) < 4.78 is 12.1. The molecule has 3 heteroatoms. The van der Waals surface area contributed by atoms with Crippen molar-refractivity contribution < 1.29 is 8.83 Å². The van der Waals surface area contributed by atoms with E-state index in [0.29, 0.717) is 0 Å². The number of benzene rings is 8. The molecule has 3 nitrogen and oxygen atoms in total. The van der Waals surface area contributed by atoms with Crippen molar-refractivity contribution in [3.8, 4) is 33.4 Å². The molecule has 2 aromatic heterocycles. The summed E-state index contributed by atoms with van der Waals surface area (Å²) in [5.41, 5.74) is 14.9. The zero-order valence-electron chi connectivity index (χ0n) is 31.2. The third-order valence-corrected chi connectivity index (χ3v) is 10.7. The van der Waals surface area contributed by atoms with Gasteiger partial charge in [-0.15, -0.1) is 0 Å². The molecule has 0 atom stereocenters. The Hall–Kier alpha value is -7.62. The molecule has 0 saturated carbocycles. The lowest BCUT2D eigenvalue weighted by atomic mass is 9.98. The van der Waals surface area contributed by atoms with E-state index in [9.17, 15) is 0 Å². The molecular weight excluding hydrogens is 695 g/mol. The Morgan fingerprint density at radius 3 is 1.37 bits per heavy atom. The van der Waals surface area contributed by atoms with Crippen molar-refractivity contribution in [1.29, 1.82) is 0 Å². The number of para-hydroxylation sites is 3. The molecule has 0 saturated heterocycles. The molecule has 0 spiro atoms. The van der Waals surface area contributed by atoms with E-state index in [-0.39, 0.29) is 0 Å². The maximum absolute atomic E-state index is 6.06. The van der Waals surface area contributed by atoms with Crippen LogP contribution in [0.25, 0.3) is 82.8 Å². The van der Waals surface area contributed by atoms with E-state index in [1.54, 1.807) is 0 Å². The number of rotatable bonds is 9. The Bertz CT molecular complexity index is 3110. The molecular formula is C54H37NO2. The van der Waals surface area contributed by atoms with Crippen molar-refractivity contribution in [2.45, 2.75) is 0 Å². The zero-order valence-corrected chi connectivity index (χ0v) is 31.2. The fraction of sp³-hybridized carbons (Fsp3) is 0. The molecule has 0 radical (unpaired) electrons. The molecule has 2 heterocycles. The number of furan rings is 2. The minimum absolute atomic E-state index is 0.902. The van der Waals surface area contributed by atoms with Crippen LogP contribution < -0.4 is 4.90 Å². The Balaban J connectivity index is 0.902. The molecule has 270 valence electrons. The lowest BCUT2D eigenvalue weighted by Gasteiger charge is -2.21. The van der Waals surface area contributed by atoms with Gasteiger partial charge in [0.05, 0.1) is 0 Å². The van der Waals surface area contributed by atoms with Gasteiger partial charge in [-0.1, -0.05) is 146 Å². The molecule has 0 aliphatic heterocycles. The van der Waals surface area contributed by atoms with Crippen LogP contribution in [0.5, 0.6) is 0 Å². The molecule has 0 fully saturated rings. The quantitative estimate of drug-likeness (QED) is 0.138. The largest absolute Gasteiger partial charge is 0.456 e. The first kappa shape index (κ1) is 33.9. The van der Waals surface area contributed by atoms with Gasteiger partial charge in [0.15, 0.2) is 0 Å². The Kier molecular flexibility index (Phi) is 8.66. The summed E-state index contributed by atoms with van der Waals surface area (Å²) in [6.45, 7) is 4.03. The molecule has 0 N–H and O–H groups in total. The van der Waals surface area contributed by atoms with Gasteiger partial charge in [-0.3, -0.25) is 0 Å². The third-order valence-electron chi connectivity index (χ3n) is 10.7. The standard InChI is InChI=1S/C54H37NO2/c1-2-10-37(38-17-21-41(22-18-38)43-27-31-53-49(35-43)47-13-6-8-15-51(47)56-53)33-34-55(45-11-4-3-5-12-45)46-29-25-40(26-30-46)39-19-23-42(24-20-39)44-28-32-54-50(36-44)48-14-7-9-16-52(48)57-54/h2-36H,1H2/b34-33-,37-10+. The van der Waals surface area contributed by atoms with Gasteiger partial charge in [0.2, 0.25) is 0 Å². The van der Waals surface area contributed by atoms with Crippen LogP contribution in [0.4, 0.5) is 11.4 Å². The van der Waals surface area contributed by atoms with Crippen LogP contribution >= 0.6 is 0 Å². The summed E-state index contributed by atoms with van der Waals surface area (Å²) in [6, 6.07) is 66.0. The van der Waals surface area contributed by atoms with Crippen LogP contribution in [0.2, 0.25) is 0 Å². The second-order valence-electron chi connectivity index (χ2n) is 14.2. The Morgan fingerprint density at radius 2 is 0.825 bits per heavy atom. The van der Waals surface area contributed by atoms with Crippen LogP contribution in [0, 0.1) is 0 Å². The maximum atomic E-state index is 6.06. The van der Waals surface area contributed by atoms with E-state index >= 15 is 0 Å². The van der Waals surface area contributed by atoms with E-state index in [1.165, 1.54) is 16.7 Å². The topological polar surface area (TPSA) is 29.5 Å². The molecule has 8 aromatic carbocycles. The Morgan fingerprint density at radius 1 is 0.404 bits per heavy atom. The van der Waals surface area contributed by atoms with Gasteiger partial charge < -0.3 is 13.7 Å². The number of allylic oxidation sites excluding steroid dienone is 4. The van der Waals surface area contributed by atoms with Crippen molar-refractivity contribution in [2.24, 2.45) is 0 Å². The van der Waals surface area contributed by atoms with Crippen molar-refractivity contribution in [3.63, 3.8) is 0 Å². The zero-order chi connectivity index (χ0) is 38.1. The fourth-order valence-corrected chi connectivity index (χ4v) is 7.78. The SMILES string of the molecule is C=C/C=C(\C=C/N(c1ccccc1)c1ccc(-c2ccc(-c3ccc4oc5ccccc5c4c3)cc2)cc1)c1ccc(-c2ccc3oc4ccccc4c3c2)cc1. The second-order valence-corrected chi connectivity index (χ2v) is 14.2. The third kappa shape index (κ3) is 6.52. The van der Waals surface area contributed by atoms with Crippen molar-refractivity contribution in [1.82, 2.24) is 0 Å². The van der Waals surface area contributed by atoms with Crippen LogP contribution in [0.3, 0.4) is 0 Å². The van der Waals surface area contributed by atoms with Gasteiger partial charge in [0.25, 0.3) is 0 Å². The summed E-state index contributed by atoms with van der Waals surface area (Å²) in [4.78, 5) is 2.22. The summed E-state index contributed by atoms with van der Waals surface area (Å²) >= 11 is 0. The molecule has 10 rings (SSSR count). The first-order valence-electron chi connectivity index (χ1n) is 19.2. The highest BCUT2D eigenvalue weighted by Gasteiger charge is 2.12. The van der Waals surface area contributed by atoms with Crippen LogP contribution in [-0.4, -0.2) is 0 Å². The highest BCUT2D eigenvalue weighted by atomic mass is 16.3. The predicted octanol–water partition coefficient (Wildman–Crippen LogP) is 15.4. The molecule has 57 heavy (non-hydrogen) atoms. The second kappa shape index (κ2) is 14.6. The number of nitrogens with zero attached hydrogens (tertiary/aromatic N) is 1. The summed E-state index contributed by atoms with van der Waals surface area (Å²) in [5, 5.41) is 4.54. The van der Waals surface area contributed by atoms with Gasteiger partial charge in [-0.2, -0.15) is 0 Å². The van der Waals surface area contributed by atoms with E-state index < -0.39 is 0 Å². The summed E-state index contributed by atoms with van der Waals surface area (Å²) in [5.74, 6) is 0. The number of fused-ring (bicyclic) bond motifs is 6. The molecule has 0 aliphatic carbocycles. The average molecular weight is 732 g/mol.